The molecule has 3 saturated heterocycles. The van der Waals surface area contributed by atoms with E-state index in [0.29, 0.717) is 24.3 Å². The molecule has 3 aromatic carbocycles. The van der Waals surface area contributed by atoms with Gasteiger partial charge in [-0.1, -0.05) is 108 Å². The number of ether oxygens (including phenoxy) is 12. The van der Waals surface area contributed by atoms with E-state index in [4.69, 9.17) is 61.3 Å². The molecule has 0 N–H and O–H groups in total. The Morgan fingerprint density at radius 1 is 0.662 bits per heavy atom. The summed E-state index contributed by atoms with van der Waals surface area (Å²) in [4.78, 5) is 52.8. The molecule has 3 aliphatic rings. The molecule has 13 atom stereocenters. The van der Waals surface area contributed by atoms with Gasteiger partial charge in [0.2, 0.25) is 0 Å². The average Bonchev–Trinajstić information content (AvgIpc) is 3.33. The first-order valence-electron chi connectivity index (χ1n) is 23.5. The fourth-order valence-electron chi connectivity index (χ4n) is 7.99. The van der Waals surface area contributed by atoms with Crippen LogP contribution in [0.2, 0.25) is 18.1 Å². The Kier molecular flexibility index (Phi) is 20.5. The lowest BCUT2D eigenvalue weighted by Crippen LogP contribution is -2.65. The summed E-state index contributed by atoms with van der Waals surface area (Å²) in [5.41, 5.74) is 1.28. The van der Waals surface area contributed by atoms with Crippen LogP contribution in [0.3, 0.4) is 0 Å². The van der Waals surface area contributed by atoms with Crippen LogP contribution in [0.15, 0.2) is 78.9 Å². The van der Waals surface area contributed by atoms with E-state index in [-0.39, 0.29) is 48.2 Å². The van der Waals surface area contributed by atoms with E-state index in [1.807, 2.05) is 13.0 Å². The molecule has 71 heavy (non-hydrogen) atoms. The fraction of sp³-hybridized carbons (Fsp3) is 0.569. The van der Waals surface area contributed by atoms with Crippen LogP contribution in [0.4, 0.5) is 0 Å². The normalized spacial score (nSPS) is 29.0. The number of alkyl halides is 2. The number of carbonyl (C=O) groups excluding carboxylic acids is 4. The van der Waals surface area contributed by atoms with Gasteiger partial charge >= 0.3 is 23.9 Å². The Bertz CT molecular complexity index is 2230. The summed E-state index contributed by atoms with van der Waals surface area (Å²) in [7, 11) is 0.915. The van der Waals surface area contributed by atoms with Crippen LogP contribution in [0.5, 0.6) is 11.5 Å². The summed E-state index contributed by atoms with van der Waals surface area (Å²) < 4.78 is 80.0. The molecule has 20 heteroatoms. The van der Waals surface area contributed by atoms with Gasteiger partial charge in [0.05, 0.1) is 48.1 Å². The third-order valence-electron chi connectivity index (χ3n) is 12.8. The predicted octanol–water partition coefficient (Wildman–Crippen LogP) is 8.54. The van der Waals surface area contributed by atoms with E-state index in [2.05, 4.69) is 79.0 Å². The summed E-state index contributed by atoms with van der Waals surface area (Å²) in [5, 5.41) is -0.0188. The lowest BCUT2D eigenvalue weighted by Gasteiger charge is -2.49. The third kappa shape index (κ3) is 15.1. The third-order valence-corrected chi connectivity index (χ3v) is 19.9. The molecular formula is C51H66I2O17Si. The minimum Gasteiger partial charge on any atom is -0.493 e. The maximum absolute atomic E-state index is 14.0. The number of hydrogen-bond acceptors (Lipinski definition) is 17. The number of benzene rings is 3. The van der Waals surface area contributed by atoms with Crippen molar-refractivity contribution in [1.82, 2.24) is 0 Å². The quantitative estimate of drug-likeness (QED) is 0.0365. The Balaban J connectivity index is 1.35. The van der Waals surface area contributed by atoms with E-state index in [0.717, 1.165) is 5.56 Å². The van der Waals surface area contributed by atoms with Crippen molar-refractivity contribution in [2.45, 2.75) is 155 Å². The summed E-state index contributed by atoms with van der Waals surface area (Å²) in [6.07, 6.45) is -9.27. The van der Waals surface area contributed by atoms with Crippen molar-refractivity contribution in [3.63, 3.8) is 0 Å². The first kappa shape index (κ1) is 56.8. The molecule has 3 aliphatic heterocycles. The Morgan fingerprint density at radius 3 is 1.73 bits per heavy atom. The molecule has 3 aromatic rings. The van der Waals surface area contributed by atoms with Crippen LogP contribution >= 0.6 is 45.2 Å². The second-order valence-corrected chi connectivity index (χ2v) is 26.7. The largest absolute Gasteiger partial charge is 0.493 e. The van der Waals surface area contributed by atoms with Gasteiger partial charge in [0.1, 0.15) is 47.7 Å². The van der Waals surface area contributed by atoms with Gasteiger partial charge in [-0.05, 0) is 73.4 Å². The van der Waals surface area contributed by atoms with Gasteiger partial charge in [-0.2, -0.15) is 0 Å². The van der Waals surface area contributed by atoms with E-state index in [1.165, 1.54) is 21.0 Å². The second-order valence-electron chi connectivity index (χ2n) is 19.0. The van der Waals surface area contributed by atoms with Crippen molar-refractivity contribution in [2.24, 2.45) is 0 Å². The molecule has 0 spiro atoms. The summed E-state index contributed by atoms with van der Waals surface area (Å²) in [6.45, 7) is 14.8. The van der Waals surface area contributed by atoms with Crippen LogP contribution < -0.4 is 9.47 Å². The highest BCUT2D eigenvalue weighted by atomic mass is 127. The fourth-order valence-corrected chi connectivity index (χ4v) is 11.3. The van der Waals surface area contributed by atoms with Crippen LogP contribution in [-0.2, 0) is 68.0 Å². The lowest BCUT2D eigenvalue weighted by atomic mass is 9.98. The van der Waals surface area contributed by atoms with Crippen molar-refractivity contribution in [2.75, 3.05) is 27.4 Å². The van der Waals surface area contributed by atoms with Gasteiger partial charge in [0.25, 0.3) is 0 Å². The maximum Gasteiger partial charge on any atom is 0.338 e. The van der Waals surface area contributed by atoms with Crippen LogP contribution in [0.1, 0.15) is 80.7 Å². The number of hydrogen-bond donors (Lipinski definition) is 0. The van der Waals surface area contributed by atoms with Crippen molar-refractivity contribution in [3.05, 3.63) is 95.6 Å². The highest BCUT2D eigenvalue weighted by molar-refractivity contribution is 14.1. The van der Waals surface area contributed by atoms with Crippen molar-refractivity contribution in [1.29, 1.82) is 0 Å². The lowest BCUT2D eigenvalue weighted by molar-refractivity contribution is -0.328. The maximum atomic E-state index is 14.0. The van der Waals surface area contributed by atoms with Crippen molar-refractivity contribution in [3.8, 4) is 11.5 Å². The van der Waals surface area contributed by atoms with Crippen LogP contribution in [0, 0.1) is 0 Å². The molecule has 0 bridgehead atoms. The molecular weight excluding hydrogens is 1170 g/mol. The molecule has 17 nitrogen and oxygen atoms in total. The highest BCUT2D eigenvalue weighted by Gasteiger charge is 2.55. The minimum atomic E-state index is -2.16. The van der Waals surface area contributed by atoms with Gasteiger partial charge in [0, 0.05) is 20.3 Å². The van der Waals surface area contributed by atoms with Gasteiger partial charge in [0.15, 0.2) is 44.8 Å². The smallest absolute Gasteiger partial charge is 0.338 e. The van der Waals surface area contributed by atoms with Crippen LogP contribution in [0.25, 0.3) is 0 Å². The van der Waals surface area contributed by atoms with Crippen molar-refractivity contribution >= 4 is 77.4 Å². The van der Waals surface area contributed by atoms with Gasteiger partial charge in [-0.3, -0.25) is 9.59 Å². The monoisotopic (exact) mass is 1230 g/mol. The Hall–Kier alpha value is -3.46. The molecule has 0 saturated carbocycles. The van der Waals surface area contributed by atoms with Gasteiger partial charge in [-0.25, -0.2) is 9.59 Å². The van der Waals surface area contributed by atoms with Gasteiger partial charge < -0.3 is 61.3 Å². The van der Waals surface area contributed by atoms with Crippen molar-refractivity contribution < 1.29 is 80.4 Å². The number of methoxy groups -OCH3 is 2. The number of esters is 4. The standard InChI is InChI=1S/C51H66I2O17Si/c1-29-35(70-71(9,10)51(4,5)6)23-24-40(63-29)66-45-42(53)50(65-38(27-60-30(2)54)43(45)67-47(56)33-17-13-11-14-18-33)69-44-39(28-61-31(3)55)64-49(62-26-32-21-22-36(58-7)37(25-32)59-8)41(52)46(44)68-48(57)34-19-15-12-16-20-34/h11-22,25,29,35,38-46,49-50H,23-24,26-28H2,1-10H3/t29-,35-,38+,39+,40-,41+,42+,43+,44+,45+,46+,49+,50-/m0/s1. The highest BCUT2D eigenvalue weighted by Crippen LogP contribution is 2.42. The first-order chi connectivity index (χ1) is 33.7. The van der Waals surface area contributed by atoms with Crippen LogP contribution in [-0.4, -0.2) is 135 Å². The summed E-state index contributed by atoms with van der Waals surface area (Å²) in [5.74, 6) is -1.49. The molecule has 3 fully saturated rings. The van der Waals surface area contributed by atoms with Gasteiger partial charge in [-0.15, -0.1) is 0 Å². The van der Waals surface area contributed by atoms with E-state index in [1.54, 1.807) is 79.9 Å². The molecule has 6 rings (SSSR count). The average molecular weight is 1230 g/mol. The SMILES string of the molecule is COc1ccc(CO[C@@H]2O[C@H](COC(C)=O)[C@@H](O[C@@H]3O[C@H](COC(C)=O)[C@@H](OC(=O)c4ccccc4)[C@H](O[C@H]4CC[C@H](O[Si](C)(C)C(C)(C)C)[C@H](C)O4)[C@H]3I)[C@H](OC(=O)c3ccccc3)[C@H]2I)cc1OC. The van der Waals surface area contributed by atoms with E-state index >= 15 is 0 Å². The first-order valence-corrected chi connectivity index (χ1v) is 28.9. The molecule has 0 radical (unpaired) electrons. The summed E-state index contributed by atoms with van der Waals surface area (Å²) >= 11 is 4.23. The zero-order valence-electron chi connectivity index (χ0n) is 41.7. The Labute approximate surface area is 444 Å². The van der Waals surface area contributed by atoms with E-state index in [9.17, 15) is 19.2 Å². The number of carbonyl (C=O) groups is 4. The minimum absolute atomic E-state index is 0.0188. The topological polar surface area (TPSA) is 188 Å². The number of rotatable bonds is 19. The number of halogens is 2. The zero-order valence-corrected chi connectivity index (χ0v) is 47.1. The Morgan fingerprint density at radius 2 is 1.20 bits per heavy atom. The van der Waals surface area contributed by atoms with E-state index < -0.39 is 95.5 Å². The molecule has 0 unspecified atom stereocenters. The molecule has 390 valence electrons. The molecule has 0 aliphatic carbocycles. The predicted molar refractivity (Wildman–Crippen MR) is 277 cm³/mol. The molecule has 0 aromatic heterocycles. The summed E-state index contributed by atoms with van der Waals surface area (Å²) in [6, 6.07) is 22.3. The molecule has 0 amide bonds. The zero-order chi connectivity index (χ0) is 51.6. The molecule has 3 heterocycles. The second kappa shape index (κ2) is 25.7.